The lowest BCUT2D eigenvalue weighted by Gasteiger charge is -2.24. The van der Waals surface area contributed by atoms with E-state index in [2.05, 4.69) is 38.2 Å². The van der Waals surface area contributed by atoms with Gasteiger partial charge in [0, 0.05) is 6.42 Å². The van der Waals surface area contributed by atoms with E-state index in [-0.39, 0.29) is 25.8 Å². The normalized spacial score (nSPS) is 13.9. The molecule has 0 radical (unpaired) electrons. The summed E-state index contributed by atoms with van der Waals surface area (Å²) in [4.78, 5) is 22.9. The minimum Gasteiger partial charge on any atom is -0.498 e. The Bertz CT molecular complexity index is 1010. The maximum atomic E-state index is 12.7. The van der Waals surface area contributed by atoms with Crippen molar-refractivity contribution in [3.8, 4) is 0 Å². The van der Waals surface area contributed by atoms with Crippen LogP contribution in [0, 0.1) is 0 Å². The van der Waals surface area contributed by atoms with Gasteiger partial charge in [0.05, 0.1) is 34.0 Å². The maximum absolute atomic E-state index is 12.7. The standard InChI is InChI=1S/C48H92NO7P/c1-6-8-10-12-14-16-18-20-22-24-25-26-27-29-31-33-35-37-39-41-48(50)56-47(46-55-57(51,52)54-44-42-49(3,4)5)45-53-43-40-38-36-34-32-30-28-23-21-19-17-15-13-11-9-7-2/h17,19-20,22,40,43,47H,6-16,18,21,23-39,41-42,44-46H2,1-5H3/p+1/b19-17-,22-20-,43-40-/t47-/m1/s1. The topological polar surface area (TPSA) is 91.3 Å². The van der Waals surface area contributed by atoms with Crippen molar-refractivity contribution in [1.29, 1.82) is 0 Å². The molecule has 0 amide bonds. The van der Waals surface area contributed by atoms with E-state index in [0.717, 1.165) is 32.1 Å². The number of phosphoric acid groups is 1. The van der Waals surface area contributed by atoms with Gasteiger partial charge < -0.3 is 18.9 Å². The molecule has 0 rings (SSSR count). The molecule has 0 aliphatic rings. The average Bonchev–Trinajstić information content (AvgIpc) is 3.16. The molecule has 0 saturated carbocycles. The summed E-state index contributed by atoms with van der Waals surface area (Å²) >= 11 is 0. The fourth-order valence-corrected chi connectivity index (χ4v) is 7.25. The first-order valence-corrected chi connectivity index (χ1v) is 25.3. The predicted octanol–water partition coefficient (Wildman–Crippen LogP) is 14.5. The fourth-order valence-electron chi connectivity index (χ4n) is 6.51. The van der Waals surface area contributed by atoms with E-state index >= 15 is 0 Å². The Kier molecular flexibility index (Phi) is 40.3. The average molecular weight is 827 g/mol. The molecular weight excluding hydrogens is 734 g/mol. The number of carbonyl (C=O) groups excluding carboxylic acids is 1. The number of carbonyl (C=O) groups is 1. The van der Waals surface area contributed by atoms with Crippen LogP contribution in [0.1, 0.15) is 213 Å². The number of phosphoric ester groups is 1. The van der Waals surface area contributed by atoms with Gasteiger partial charge in [0.1, 0.15) is 19.8 Å². The third kappa shape index (κ3) is 45.5. The second kappa shape index (κ2) is 41.3. The molecule has 9 heteroatoms. The summed E-state index contributed by atoms with van der Waals surface area (Å²) in [5, 5.41) is 0. The Morgan fingerprint density at radius 2 is 0.930 bits per heavy atom. The van der Waals surface area contributed by atoms with Crippen LogP contribution in [-0.4, -0.2) is 69.0 Å². The summed E-state index contributed by atoms with van der Waals surface area (Å²) in [7, 11) is 1.63. The molecule has 0 aromatic heterocycles. The van der Waals surface area contributed by atoms with E-state index in [9.17, 15) is 14.3 Å². The predicted molar refractivity (Wildman–Crippen MR) is 242 cm³/mol. The molecule has 8 nitrogen and oxygen atoms in total. The number of quaternary nitrogens is 1. The first-order chi connectivity index (χ1) is 27.6. The highest BCUT2D eigenvalue weighted by Gasteiger charge is 2.26. The van der Waals surface area contributed by atoms with Crippen LogP contribution in [0.4, 0.5) is 0 Å². The molecule has 0 spiro atoms. The highest BCUT2D eigenvalue weighted by Crippen LogP contribution is 2.43. The number of allylic oxidation sites excluding steroid dienone is 5. The smallest absolute Gasteiger partial charge is 0.472 e. The first kappa shape index (κ1) is 55.6. The number of esters is 1. The molecule has 0 saturated heterocycles. The summed E-state index contributed by atoms with van der Waals surface area (Å²) < 4.78 is 34.8. The van der Waals surface area contributed by atoms with Crippen molar-refractivity contribution < 1.29 is 37.3 Å². The van der Waals surface area contributed by atoms with E-state index < -0.39 is 13.9 Å². The Labute approximate surface area is 353 Å². The highest BCUT2D eigenvalue weighted by molar-refractivity contribution is 7.47. The third-order valence-corrected chi connectivity index (χ3v) is 11.2. The monoisotopic (exact) mass is 827 g/mol. The van der Waals surface area contributed by atoms with E-state index in [4.69, 9.17) is 18.5 Å². The van der Waals surface area contributed by atoms with Crippen LogP contribution in [0.3, 0.4) is 0 Å². The molecule has 0 aromatic rings. The molecule has 0 aliphatic carbocycles. The van der Waals surface area contributed by atoms with Gasteiger partial charge in [-0.25, -0.2) is 4.57 Å². The van der Waals surface area contributed by atoms with E-state index in [1.54, 1.807) is 6.26 Å². The summed E-state index contributed by atoms with van der Waals surface area (Å²) in [5.74, 6) is -0.339. The number of hydrogen-bond acceptors (Lipinski definition) is 6. The molecule has 0 bridgehead atoms. The van der Waals surface area contributed by atoms with Crippen molar-refractivity contribution in [1.82, 2.24) is 0 Å². The number of hydrogen-bond donors (Lipinski definition) is 1. The van der Waals surface area contributed by atoms with Crippen LogP contribution in [0.2, 0.25) is 0 Å². The Morgan fingerprint density at radius 3 is 1.37 bits per heavy atom. The van der Waals surface area contributed by atoms with Crippen LogP contribution in [0.15, 0.2) is 36.6 Å². The van der Waals surface area contributed by atoms with Crippen LogP contribution < -0.4 is 0 Å². The van der Waals surface area contributed by atoms with E-state index in [1.165, 1.54) is 161 Å². The summed E-state index contributed by atoms with van der Waals surface area (Å²) in [5.41, 5.74) is 0. The molecule has 336 valence electrons. The summed E-state index contributed by atoms with van der Waals surface area (Å²) in [6.07, 6.45) is 49.9. The number of unbranched alkanes of at least 4 members (excludes halogenated alkanes) is 26. The second-order valence-electron chi connectivity index (χ2n) is 17.2. The number of nitrogens with zero attached hydrogens (tertiary/aromatic N) is 1. The van der Waals surface area contributed by atoms with Crippen LogP contribution in [0.5, 0.6) is 0 Å². The largest absolute Gasteiger partial charge is 0.498 e. The zero-order chi connectivity index (χ0) is 42.0. The lowest BCUT2D eigenvalue weighted by Crippen LogP contribution is -2.37. The number of likely N-dealkylation sites (N-methyl/N-ethyl adjacent to an activating group) is 1. The Morgan fingerprint density at radius 1 is 0.544 bits per heavy atom. The lowest BCUT2D eigenvalue weighted by molar-refractivity contribution is -0.870. The van der Waals surface area contributed by atoms with Gasteiger partial charge in [0.2, 0.25) is 0 Å². The molecule has 1 N–H and O–H groups in total. The van der Waals surface area contributed by atoms with Crippen molar-refractivity contribution in [3.63, 3.8) is 0 Å². The minimum atomic E-state index is -4.29. The van der Waals surface area contributed by atoms with Crippen molar-refractivity contribution in [2.45, 2.75) is 219 Å². The van der Waals surface area contributed by atoms with Crippen molar-refractivity contribution in [3.05, 3.63) is 36.6 Å². The first-order valence-electron chi connectivity index (χ1n) is 23.8. The third-order valence-electron chi connectivity index (χ3n) is 10.2. The van der Waals surface area contributed by atoms with Gasteiger partial charge >= 0.3 is 13.8 Å². The van der Waals surface area contributed by atoms with Gasteiger partial charge in [0.25, 0.3) is 0 Å². The van der Waals surface area contributed by atoms with Crippen LogP contribution in [0.25, 0.3) is 0 Å². The van der Waals surface area contributed by atoms with Crippen LogP contribution >= 0.6 is 7.82 Å². The summed E-state index contributed by atoms with van der Waals surface area (Å²) in [6.45, 7) is 4.92. The van der Waals surface area contributed by atoms with Gasteiger partial charge in [-0.05, 0) is 76.7 Å². The Hall–Kier alpha value is -1.44. The molecule has 0 fully saturated rings. The van der Waals surface area contributed by atoms with Gasteiger partial charge in [-0.1, -0.05) is 160 Å². The van der Waals surface area contributed by atoms with Crippen molar-refractivity contribution in [2.75, 3.05) is 47.5 Å². The molecule has 1 unspecified atom stereocenters. The SMILES string of the molecule is CCCCCC/C=C\CCCCCCCC/C=C\OC[C@H](COP(=O)(O)OCC[N+](C)(C)C)OC(=O)CCCCCCCCCCC/C=C\CCCCCCCC. The summed E-state index contributed by atoms with van der Waals surface area (Å²) in [6, 6.07) is 0. The van der Waals surface area contributed by atoms with Gasteiger partial charge in [-0.2, -0.15) is 0 Å². The molecular formula is C48H93NO7P+. The van der Waals surface area contributed by atoms with Crippen LogP contribution in [-0.2, 0) is 27.9 Å². The number of ether oxygens (including phenoxy) is 2. The molecule has 0 aliphatic heterocycles. The van der Waals surface area contributed by atoms with Crippen molar-refractivity contribution >= 4 is 13.8 Å². The minimum absolute atomic E-state index is 0.0454. The molecule has 2 atom stereocenters. The van der Waals surface area contributed by atoms with E-state index in [0.29, 0.717) is 17.4 Å². The second-order valence-corrected chi connectivity index (χ2v) is 18.6. The molecule has 0 heterocycles. The van der Waals surface area contributed by atoms with Gasteiger partial charge in [-0.15, -0.1) is 0 Å². The fraction of sp³-hybridized carbons (Fsp3) is 0.854. The van der Waals surface area contributed by atoms with Gasteiger partial charge in [0.15, 0.2) is 6.10 Å². The number of rotatable bonds is 44. The quantitative estimate of drug-likeness (QED) is 0.0163. The zero-order valence-corrected chi connectivity index (χ0v) is 39.0. The Balaban J connectivity index is 4.23. The van der Waals surface area contributed by atoms with Crippen molar-refractivity contribution in [2.24, 2.45) is 0 Å². The molecule has 57 heavy (non-hydrogen) atoms. The van der Waals surface area contributed by atoms with E-state index in [1.807, 2.05) is 27.2 Å². The maximum Gasteiger partial charge on any atom is 0.472 e. The highest BCUT2D eigenvalue weighted by atomic mass is 31.2. The molecule has 0 aromatic carbocycles. The lowest BCUT2D eigenvalue weighted by atomic mass is 10.1. The zero-order valence-electron chi connectivity index (χ0n) is 38.1. The van der Waals surface area contributed by atoms with Gasteiger partial charge in [-0.3, -0.25) is 13.8 Å².